The number of aromatic nitrogens is 3. The number of benzene rings is 1. The lowest BCUT2D eigenvalue weighted by Gasteiger charge is -2.30. The molecule has 0 unspecified atom stereocenters. The van der Waals surface area contributed by atoms with E-state index in [-0.39, 0.29) is 24.0 Å². The summed E-state index contributed by atoms with van der Waals surface area (Å²) in [7, 11) is 1.89. The lowest BCUT2D eigenvalue weighted by Crippen LogP contribution is -2.40. The highest BCUT2D eigenvalue weighted by Gasteiger charge is 2.15. The SMILES string of the molecule is Cn1ncnc1CN=C(Nc1ccccc1)N1CCCCC1.I. The second-order valence-corrected chi connectivity index (χ2v) is 5.48. The van der Waals surface area contributed by atoms with Crippen LogP contribution in [0.2, 0.25) is 0 Å². The fraction of sp³-hybridized carbons (Fsp3) is 0.438. The quantitative estimate of drug-likeness (QED) is 0.466. The van der Waals surface area contributed by atoms with Crippen LogP contribution in [0.25, 0.3) is 0 Å². The monoisotopic (exact) mass is 426 g/mol. The number of hydrogen-bond donors (Lipinski definition) is 1. The molecule has 0 bridgehead atoms. The maximum Gasteiger partial charge on any atom is 0.198 e. The van der Waals surface area contributed by atoms with Crippen molar-refractivity contribution < 1.29 is 0 Å². The number of anilines is 1. The number of likely N-dealkylation sites (tertiary alicyclic amines) is 1. The van der Waals surface area contributed by atoms with E-state index in [9.17, 15) is 0 Å². The summed E-state index contributed by atoms with van der Waals surface area (Å²) >= 11 is 0. The Morgan fingerprint density at radius 1 is 1.17 bits per heavy atom. The molecule has 3 rings (SSSR count). The molecule has 1 aromatic heterocycles. The number of nitrogens with zero attached hydrogens (tertiary/aromatic N) is 5. The number of halogens is 1. The van der Waals surface area contributed by atoms with Gasteiger partial charge in [-0.25, -0.2) is 9.98 Å². The number of guanidine groups is 1. The van der Waals surface area contributed by atoms with E-state index in [2.05, 4.69) is 32.4 Å². The molecule has 0 amide bonds. The fourth-order valence-corrected chi connectivity index (χ4v) is 2.58. The van der Waals surface area contributed by atoms with Crippen LogP contribution in [-0.4, -0.2) is 38.7 Å². The van der Waals surface area contributed by atoms with Gasteiger partial charge in [-0.1, -0.05) is 18.2 Å². The van der Waals surface area contributed by atoms with Crippen molar-refractivity contribution in [2.75, 3.05) is 18.4 Å². The number of piperidine rings is 1. The fourth-order valence-electron chi connectivity index (χ4n) is 2.58. The Morgan fingerprint density at radius 2 is 1.91 bits per heavy atom. The van der Waals surface area contributed by atoms with Gasteiger partial charge in [0.05, 0.1) is 0 Å². The van der Waals surface area contributed by atoms with E-state index in [0.717, 1.165) is 30.6 Å². The smallest absolute Gasteiger partial charge is 0.198 e. The Bertz CT molecular complexity index is 619. The van der Waals surface area contributed by atoms with Crippen molar-refractivity contribution in [2.24, 2.45) is 12.0 Å². The van der Waals surface area contributed by atoms with Gasteiger partial charge in [-0.2, -0.15) is 5.10 Å². The summed E-state index contributed by atoms with van der Waals surface area (Å²) in [5.41, 5.74) is 1.06. The highest BCUT2D eigenvalue weighted by atomic mass is 127. The standard InChI is InChI=1S/C16H22N6.HI/c1-21-15(18-13-19-21)12-17-16(22-10-6-3-7-11-22)20-14-8-4-2-5-9-14;/h2,4-5,8-9,13H,3,6-7,10-12H2,1H3,(H,17,20);1H. The molecule has 0 spiro atoms. The number of nitrogens with one attached hydrogen (secondary N) is 1. The Balaban J connectivity index is 0.00000192. The Hall–Kier alpha value is -1.64. The number of rotatable bonds is 3. The third-order valence-corrected chi connectivity index (χ3v) is 3.86. The van der Waals surface area contributed by atoms with E-state index in [1.165, 1.54) is 19.3 Å². The van der Waals surface area contributed by atoms with Crippen LogP contribution in [0.5, 0.6) is 0 Å². The van der Waals surface area contributed by atoms with Crippen LogP contribution in [0, 0.1) is 0 Å². The molecule has 0 saturated carbocycles. The molecule has 6 nitrogen and oxygen atoms in total. The van der Waals surface area contributed by atoms with Crippen LogP contribution in [0.4, 0.5) is 5.69 Å². The van der Waals surface area contributed by atoms with Crippen molar-refractivity contribution in [3.05, 3.63) is 42.5 Å². The molecule has 124 valence electrons. The van der Waals surface area contributed by atoms with E-state index >= 15 is 0 Å². The van der Waals surface area contributed by atoms with Gasteiger partial charge in [0.15, 0.2) is 5.96 Å². The molecule has 7 heteroatoms. The van der Waals surface area contributed by atoms with Crippen molar-refractivity contribution in [1.82, 2.24) is 19.7 Å². The largest absolute Gasteiger partial charge is 0.343 e. The van der Waals surface area contributed by atoms with Crippen LogP contribution in [0.1, 0.15) is 25.1 Å². The maximum atomic E-state index is 4.75. The summed E-state index contributed by atoms with van der Waals surface area (Å²) < 4.78 is 1.76. The predicted molar refractivity (Wildman–Crippen MR) is 103 cm³/mol. The molecule has 2 aromatic rings. The van der Waals surface area contributed by atoms with Crippen molar-refractivity contribution in [2.45, 2.75) is 25.8 Å². The number of para-hydroxylation sites is 1. The minimum atomic E-state index is 0. The Morgan fingerprint density at radius 3 is 2.57 bits per heavy atom. The van der Waals surface area contributed by atoms with Crippen molar-refractivity contribution in [3.8, 4) is 0 Å². The minimum absolute atomic E-state index is 0. The third-order valence-electron chi connectivity index (χ3n) is 3.86. The van der Waals surface area contributed by atoms with Gasteiger partial charge in [0, 0.05) is 25.8 Å². The third kappa shape index (κ3) is 4.92. The van der Waals surface area contributed by atoms with Crippen LogP contribution >= 0.6 is 24.0 Å². The summed E-state index contributed by atoms with van der Waals surface area (Å²) in [5, 5.41) is 7.54. The van der Waals surface area contributed by atoms with Gasteiger partial charge in [0.25, 0.3) is 0 Å². The van der Waals surface area contributed by atoms with Gasteiger partial charge in [0.1, 0.15) is 18.7 Å². The highest BCUT2D eigenvalue weighted by Crippen LogP contribution is 2.13. The topological polar surface area (TPSA) is 58.3 Å². The van der Waals surface area contributed by atoms with E-state index in [1.807, 2.05) is 25.2 Å². The minimum Gasteiger partial charge on any atom is -0.343 e. The zero-order valence-electron chi connectivity index (χ0n) is 13.4. The van der Waals surface area contributed by atoms with Gasteiger partial charge in [0.2, 0.25) is 0 Å². The lowest BCUT2D eigenvalue weighted by molar-refractivity contribution is 0.340. The van der Waals surface area contributed by atoms with Gasteiger partial charge in [-0.15, -0.1) is 24.0 Å². The first kappa shape index (κ1) is 17.7. The Labute approximate surface area is 154 Å². The summed E-state index contributed by atoms with van der Waals surface area (Å²) in [6.07, 6.45) is 5.31. The second-order valence-electron chi connectivity index (χ2n) is 5.48. The average Bonchev–Trinajstić information content (AvgIpc) is 2.98. The molecule has 1 fully saturated rings. The van der Waals surface area contributed by atoms with Crippen LogP contribution in [-0.2, 0) is 13.6 Å². The Kier molecular flexibility index (Phi) is 6.82. The average molecular weight is 426 g/mol. The lowest BCUT2D eigenvalue weighted by atomic mass is 10.1. The summed E-state index contributed by atoms with van der Waals surface area (Å²) in [4.78, 5) is 11.3. The summed E-state index contributed by atoms with van der Waals surface area (Å²) in [5.74, 6) is 1.79. The van der Waals surface area contributed by atoms with Crippen molar-refractivity contribution >= 4 is 35.6 Å². The normalized spacial score (nSPS) is 15.2. The molecule has 0 radical (unpaired) electrons. The molecule has 23 heavy (non-hydrogen) atoms. The number of hydrogen-bond acceptors (Lipinski definition) is 3. The molecular formula is C16H23IN6. The van der Waals surface area contributed by atoms with Crippen LogP contribution in [0.3, 0.4) is 0 Å². The first-order valence-electron chi connectivity index (χ1n) is 7.77. The first-order valence-corrected chi connectivity index (χ1v) is 7.77. The molecular weight excluding hydrogens is 403 g/mol. The van der Waals surface area contributed by atoms with Crippen LogP contribution in [0.15, 0.2) is 41.7 Å². The molecule has 0 atom stereocenters. The van der Waals surface area contributed by atoms with Crippen molar-refractivity contribution in [1.29, 1.82) is 0 Å². The molecule has 2 heterocycles. The van der Waals surface area contributed by atoms with E-state index in [1.54, 1.807) is 11.0 Å². The first-order chi connectivity index (χ1) is 10.8. The molecule has 0 aliphatic carbocycles. The van der Waals surface area contributed by atoms with Gasteiger partial charge in [-0.3, -0.25) is 4.68 Å². The predicted octanol–water partition coefficient (Wildman–Crippen LogP) is 2.89. The summed E-state index contributed by atoms with van der Waals surface area (Å²) in [6, 6.07) is 10.2. The number of aryl methyl sites for hydroxylation is 1. The van der Waals surface area contributed by atoms with Gasteiger partial charge in [-0.05, 0) is 31.4 Å². The van der Waals surface area contributed by atoms with E-state index in [4.69, 9.17) is 4.99 Å². The molecule has 1 aliphatic heterocycles. The molecule has 1 aromatic carbocycles. The molecule has 1 saturated heterocycles. The van der Waals surface area contributed by atoms with E-state index in [0.29, 0.717) is 6.54 Å². The van der Waals surface area contributed by atoms with Crippen LogP contribution < -0.4 is 5.32 Å². The number of aliphatic imine (C=N–C) groups is 1. The zero-order chi connectivity index (χ0) is 15.2. The van der Waals surface area contributed by atoms with Gasteiger partial charge >= 0.3 is 0 Å². The van der Waals surface area contributed by atoms with Gasteiger partial charge < -0.3 is 10.2 Å². The zero-order valence-corrected chi connectivity index (χ0v) is 15.7. The molecule has 1 N–H and O–H groups in total. The maximum absolute atomic E-state index is 4.75. The summed E-state index contributed by atoms with van der Waals surface area (Å²) in [6.45, 7) is 2.64. The molecule has 1 aliphatic rings. The highest BCUT2D eigenvalue weighted by molar-refractivity contribution is 14.0. The van der Waals surface area contributed by atoms with E-state index < -0.39 is 0 Å². The second kappa shape index (κ2) is 8.85. The van der Waals surface area contributed by atoms with Crippen molar-refractivity contribution in [3.63, 3.8) is 0 Å².